The van der Waals surface area contributed by atoms with Crippen LogP contribution < -0.4 is 0 Å². The minimum atomic E-state index is -0.429. The molecule has 0 amide bonds. The smallest absolute Gasteiger partial charge is 0.133 e. The molecule has 5 aliphatic carbocycles. The summed E-state index contributed by atoms with van der Waals surface area (Å²) in [6.07, 6.45) is 9.40. The second-order valence-corrected chi connectivity index (χ2v) is 14.0. The molecule has 13 atom stereocenters. The van der Waals surface area contributed by atoms with Crippen molar-refractivity contribution in [1.29, 1.82) is 0 Å². The van der Waals surface area contributed by atoms with Gasteiger partial charge < -0.3 is 14.9 Å². The van der Waals surface area contributed by atoms with Crippen LogP contribution in [0.2, 0.25) is 0 Å². The van der Waals surface area contributed by atoms with Crippen molar-refractivity contribution in [2.45, 2.75) is 110 Å². The van der Waals surface area contributed by atoms with Gasteiger partial charge in [-0.2, -0.15) is 0 Å². The third-order valence-electron chi connectivity index (χ3n) is 12.7. The molecule has 0 bridgehead atoms. The molecule has 6 aliphatic rings. The van der Waals surface area contributed by atoms with Gasteiger partial charge in [0.1, 0.15) is 11.4 Å². The number of aliphatic hydroxyl groups is 2. The van der Waals surface area contributed by atoms with Gasteiger partial charge in [-0.15, -0.1) is 0 Å². The topological polar surface area (TPSA) is 70.1 Å². The Kier molecular flexibility index (Phi) is 5.24. The zero-order chi connectivity index (χ0) is 23.3. The molecule has 1 saturated heterocycles. The van der Waals surface area contributed by atoms with Gasteiger partial charge in [-0.25, -0.2) is 0 Å². The molecule has 2 N–H and O–H groups in total. The second-order valence-electron chi connectivity index (χ2n) is 14.0. The lowest BCUT2D eigenvalue weighted by molar-refractivity contribution is -0.176. The molecular weight excluding hydrogens is 412 g/mol. The summed E-state index contributed by atoms with van der Waals surface area (Å²) in [6.45, 7) is 10.1. The summed E-state index contributed by atoms with van der Waals surface area (Å²) in [6, 6.07) is 0. The molecule has 6 rings (SSSR count). The van der Waals surface area contributed by atoms with Gasteiger partial charge in [0.25, 0.3) is 0 Å². The highest BCUT2D eigenvalue weighted by Crippen LogP contribution is 2.70. The van der Waals surface area contributed by atoms with Crippen LogP contribution in [0, 0.1) is 58.2 Å². The maximum absolute atomic E-state index is 12.2. The quantitative estimate of drug-likeness (QED) is 0.569. The first-order chi connectivity index (χ1) is 15.6. The van der Waals surface area contributed by atoms with Gasteiger partial charge in [0.15, 0.2) is 0 Å². The summed E-state index contributed by atoms with van der Waals surface area (Å²) in [5, 5.41) is 23.2. The fourth-order valence-electron chi connectivity index (χ4n) is 10.4. The molecule has 4 heteroatoms. The van der Waals surface area contributed by atoms with E-state index in [-0.39, 0.29) is 22.9 Å². The average Bonchev–Trinajstić information content (AvgIpc) is 3.68. The summed E-state index contributed by atoms with van der Waals surface area (Å²) in [4.78, 5) is 12.2. The number of epoxide rings is 1. The zero-order valence-corrected chi connectivity index (χ0v) is 21.3. The van der Waals surface area contributed by atoms with Crippen molar-refractivity contribution in [3.63, 3.8) is 0 Å². The van der Waals surface area contributed by atoms with Crippen molar-refractivity contribution in [2.24, 2.45) is 58.2 Å². The van der Waals surface area contributed by atoms with E-state index in [1.54, 1.807) is 0 Å². The number of rotatable bonds is 5. The number of ether oxygens (including phenoxy) is 1. The number of carbonyl (C=O) groups excluding carboxylic acids is 1. The summed E-state index contributed by atoms with van der Waals surface area (Å²) < 4.78 is 6.19. The van der Waals surface area contributed by atoms with Crippen LogP contribution >= 0.6 is 0 Å². The van der Waals surface area contributed by atoms with Gasteiger partial charge in [-0.05, 0) is 98.2 Å². The van der Waals surface area contributed by atoms with Gasteiger partial charge in [-0.1, -0.05) is 27.7 Å². The molecule has 0 aromatic carbocycles. The van der Waals surface area contributed by atoms with Crippen molar-refractivity contribution in [2.75, 3.05) is 6.61 Å². The van der Waals surface area contributed by atoms with Crippen molar-refractivity contribution < 1.29 is 19.7 Å². The van der Waals surface area contributed by atoms with Gasteiger partial charge in [0, 0.05) is 24.2 Å². The van der Waals surface area contributed by atoms with Crippen LogP contribution in [-0.2, 0) is 9.53 Å². The monoisotopic (exact) mass is 458 g/mol. The molecule has 0 aromatic heterocycles. The molecule has 5 saturated carbocycles. The maximum atomic E-state index is 12.2. The van der Waals surface area contributed by atoms with E-state index in [1.165, 1.54) is 19.3 Å². The van der Waals surface area contributed by atoms with Crippen LogP contribution in [-0.4, -0.2) is 40.4 Å². The van der Waals surface area contributed by atoms with E-state index in [4.69, 9.17) is 4.74 Å². The molecule has 4 nitrogen and oxygen atoms in total. The van der Waals surface area contributed by atoms with Crippen LogP contribution in [0.4, 0.5) is 0 Å². The number of fused-ring (bicyclic) bond motifs is 5. The van der Waals surface area contributed by atoms with Gasteiger partial charge >= 0.3 is 0 Å². The summed E-state index contributed by atoms with van der Waals surface area (Å²) >= 11 is 0. The molecule has 33 heavy (non-hydrogen) atoms. The number of Topliss-reactive ketones (excluding diaryl/α,β-unsaturated/α-hetero) is 1. The fourth-order valence-corrected chi connectivity index (χ4v) is 10.4. The summed E-state index contributed by atoms with van der Waals surface area (Å²) in [7, 11) is 0. The predicted molar refractivity (Wildman–Crippen MR) is 127 cm³/mol. The first-order valence-corrected chi connectivity index (χ1v) is 14.1. The average molecular weight is 459 g/mol. The van der Waals surface area contributed by atoms with E-state index >= 15 is 0 Å². The number of hydrogen-bond acceptors (Lipinski definition) is 4. The van der Waals surface area contributed by atoms with E-state index in [0.717, 1.165) is 56.8 Å². The highest BCUT2D eigenvalue weighted by atomic mass is 16.6. The van der Waals surface area contributed by atoms with E-state index in [2.05, 4.69) is 27.7 Å². The molecular formula is C29H46O4. The third-order valence-corrected chi connectivity index (χ3v) is 12.7. The Morgan fingerprint density at radius 1 is 1.12 bits per heavy atom. The molecule has 1 heterocycles. The Hall–Kier alpha value is -0.450. The predicted octanol–water partition coefficient (Wildman–Crippen LogP) is 5.00. The number of ketones is 1. The van der Waals surface area contributed by atoms with Crippen molar-refractivity contribution in [1.82, 2.24) is 0 Å². The minimum Gasteiger partial charge on any atom is -0.393 e. The molecule has 186 valence electrons. The maximum Gasteiger partial charge on any atom is 0.133 e. The van der Waals surface area contributed by atoms with Crippen LogP contribution in [0.1, 0.15) is 91.9 Å². The summed E-state index contributed by atoms with van der Waals surface area (Å²) in [5.41, 5.74) is -0.384. The SMILES string of the molecule is C[C@@H]1C[C@@H]1[C@H](C)C[C@@H](O)[C@@]1([C@H]2CC[C@H]3[C@@H]4CC[C@H]5CC(=O)CC[C@]5(C)[C@H]4C[C@@H](O)[C@]23C)CO1. The number of aliphatic hydroxyl groups excluding tert-OH is 2. The zero-order valence-electron chi connectivity index (χ0n) is 21.3. The van der Waals surface area contributed by atoms with E-state index in [9.17, 15) is 15.0 Å². The van der Waals surface area contributed by atoms with Gasteiger partial charge in [0.05, 0.1) is 18.8 Å². The Labute approximate surface area is 200 Å². The third kappa shape index (κ3) is 3.22. The van der Waals surface area contributed by atoms with Crippen molar-refractivity contribution in [3.8, 4) is 0 Å². The highest BCUT2D eigenvalue weighted by Gasteiger charge is 2.71. The van der Waals surface area contributed by atoms with E-state index in [0.29, 0.717) is 42.0 Å². The number of carbonyl (C=O) groups is 1. The normalized spacial score (nSPS) is 57.0. The standard InChI is InChI=1S/C29H46O4/c1-16-11-21(16)17(2)12-26(32)29(15-33-29)24-8-7-22-20-6-5-18-13-19(30)9-10-27(18,3)23(20)14-25(31)28(22,24)4/h16-18,20-26,31-32H,5-15H2,1-4H3/t16-,17-,18+,20+,21+,22+,23+,24+,25-,26-,27+,28+,29+/m1/s1. The van der Waals surface area contributed by atoms with Crippen LogP contribution in [0.15, 0.2) is 0 Å². The molecule has 0 unspecified atom stereocenters. The summed E-state index contributed by atoms with van der Waals surface area (Å²) in [5.74, 6) is 5.04. The van der Waals surface area contributed by atoms with Crippen LogP contribution in [0.25, 0.3) is 0 Å². The number of hydrogen-bond donors (Lipinski definition) is 2. The first kappa shape index (κ1) is 23.0. The molecule has 0 aromatic rings. The first-order valence-electron chi connectivity index (χ1n) is 14.1. The van der Waals surface area contributed by atoms with E-state index < -0.39 is 11.7 Å². The lowest BCUT2D eigenvalue weighted by atomic mass is 9.43. The molecule has 1 aliphatic heterocycles. The molecule has 0 spiro atoms. The minimum absolute atomic E-state index is 0.164. The van der Waals surface area contributed by atoms with E-state index in [1.807, 2.05) is 0 Å². The van der Waals surface area contributed by atoms with Gasteiger partial charge in [-0.3, -0.25) is 4.79 Å². The fraction of sp³-hybridized carbons (Fsp3) is 0.966. The van der Waals surface area contributed by atoms with Gasteiger partial charge in [0.2, 0.25) is 0 Å². The lowest BCUT2D eigenvalue weighted by Crippen LogP contribution is -2.60. The Morgan fingerprint density at radius 2 is 1.85 bits per heavy atom. The van der Waals surface area contributed by atoms with Crippen molar-refractivity contribution >= 4 is 5.78 Å². The van der Waals surface area contributed by atoms with Crippen LogP contribution in [0.5, 0.6) is 0 Å². The van der Waals surface area contributed by atoms with Crippen molar-refractivity contribution in [3.05, 3.63) is 0 Å². The van der Waals surface area contributed by atoms with Crippen LogP contribution in [0.3, 0.4) is 0 Å². The largest absolute Gasteiger partial charge is 0.393 e. The Morgan fingerprint density at radius 3 is 2.52 bits per heavy atom. The Bertz CT molecular complexity index is 805. The lowest BCUT2D eigenvalue weighted by Gasteiger charge is -2.62. The molecule has 6 fully saturated rings. The molecule has 0 radical (unpaired) electrons. The Balaban J connectivity index is 1.24. The second kappa shape index (κ2) is 7.53. The highest BCUT2D eigenvalue weighted by molar-refractivity contribution is 5.79.